The Hall–Kier alpha value is -2.62. The first-order valence-electron chi connectivity index (χ1n) is 12.1. The van der Waals surface area contributed by atoms with Crippen LogP contribution in [0.2, 0.25) is 0 Å². The molecule has 2 aromatic carbocycles. The number of hydrogen-bond acceptors (Lipinski definition) is 6. The van der Waals surface area contributed by atoms with Gasteiger partial charge in [-0.2, -0.15) is 4.31 Å². The maximum atomic E-state index is 13.2. The van der Waals surface area contributed by atoms with Crippen LogP contribution in [-0.4, -0.2) is 76.0 Å². The number of carbonyl (C=O) groups is 1. The third-order valence-corrected chi connectivity index (χ3v) is 8.83. The summed E-state index contributed by atoms with van der Waals surface area (Å²) in [5.41, 5.74) is 4.15. The molecule has 0 radical (unpaired) electrons. The van der Waals surface area contributed by atoms with E-state index in [-0.39, 0.29) is 17.3 Å². The minimum absolute atomic E-state index is 0.0170. The van der Waals surface area contributed by atoms with Crippen LogP contribution >= 0.6 is 0 Å². The normalized spacial score (nSPS) is 19.2. The van der Waals surface area contributed by atoms with Gasteiger partial charge in [-0.1, -0.05) is 24.3 Å². The fraction of sp³-hybridized carbons (Fsp3) is 0.480. The Kier molecular flexibility index (Phi) is 6.76. The first kappa shape index (κ1) is 23.1. The second kappa shape index (κ2) is 9.93. The van der Waals surface area contributed by atoms with Crippen molar-refractivity contribution in [2.24, 2.45) is 0 Å². The maximum absolute atomic E-state index is 13.2. The topological polar surface area (TPSA) is 82.2 Å². The van der Waals surface area contributed by atoms with Crippen LogP contribution in [0.4, 0.5) is 11.4 Å². The van der Waals surface area contributed by atoms with Gasteiger partial charge in [0.15, 0.2) is 0 Å². The number of carbonyl (C=O) groups excluding carboxylic acids is 1. The highest BCUT2D eigenvalue weighted by Gasteiger charge is 2.28. The summed E-state index contributed by atoms with van der Waals surface area (Å²) in [6, 6.07) is 13.5. The Morgan fingerprint density at radius 3 is 2.44 bits per heavy atom. The molecule has 2 fully saturated rings. The van der Waals surface area contributed by atoms with Crippen LogP contribution in [0.1, 0.15) is 24.0 Å². The Labute approximate surface area is 201 Å². The number of nitrogens with zero attached hydrogens (tertiary/aromatic N) is 3. The van der Waals surface area contributed by atoms with Crippen LogP contribution in [-0.2, 0) is 32.5 Å². The van der Waals surface area contributed by atoms with Crippen molar-refractivity contribution in [2.45, 2.75) is 30.7 Å². The molecule has 182 valence electrons. The van der Waals surface area contributed by atoms with E-state index in [9.17, 15) is 13.2 Å². The predicted molar refractivity (Wildman–Crippen MR) is 132 cm³/mol. The highest BCUT2D eigenvalue weighted by molar-refractivity contribution is 7.89. The van der Waals surface area contributed by atoms with Gasteiger partial charge in [-0.05, 0) is 48.6 Å². The Bertz CT molecular complexity index is 1140. The molecule has 34 heavy (non-hydrogen) atoms. The number of rotatable bonds is 6. The van der Waals surface area contributed by atoms with E-state index in [2.05, 4.69) is 22.3 Å². The maximum Gasteiger partial charge on any atom is 0.243 e. The highest BCUT2D eigenvalue weighted by atomic mass is 32.2. The Balaban J connectivity index is 1.34. The predicted octanol–water partition coefficient (Wildman–Crippen LogP) is 2.30. The summed E-state index contributed by atoms with van der Waals surface area (Å²) >= 11 is 0. The fourth-order valence-electron chi connectivity index (χ4n) is 4.98. The molecule has 1 N–H and O–H groups in total. The first-order chi connectivity index (χ1) is 16.5. The average Bonchev–Trinajstić information content (AvgIpc) is 3.42. The zero-order chi connectivity index (χ0) is 23.5. The molecule has 0 saturated carbocycles. The summed E-state index contributed by atoms with van der Waals surface area (Å²) in [4.78, 5) is 17.4. The van der Waals surface area contributed by atoms with Gasteiger partial charge in [0.2, 0.25) is 15.9 Å². The van der Waals surface area contributed by atoms with Crippen molar-refractivity contribution in [1.29, 1.82) is 0 Å². The molecular weight excluding hydrogens is 452 g/mol. The van der Waals surface area contributed by atoms with Crippen molar-refractivity contribution in [3.8, 4) is 0 Å². The molecule has 5 rings (SSSR count). The second-order valence-corrected chi connectivity index (χ2v) is 11.0. The van der Waals surface area contributed by atoms with Crippen molar-refractivity contribution in [3.63, 3.8) is 0 Å². The van der Waals surface area contributed by atoms with Crippen molar-refractivity contribution in [3.05, 3.63) is 53.6 Å². The van der Waals surface area contributed by atoms with E-state index in [1.807, 2.05) is 23.1 Å². The molecule has 1 amide bonds. The minimum atomic E-state index is -3.62. The molecule has 2 aromatic rings. The molecule has 0 bridgehead atoms. The van der Waals surface area contributed by atoms with Crippen LogP contribution in [0.3, 0.4) is 0 Å². The van der Waals surface area contributed by atoms with E-state index in [1.165, 1.54) is 15.4 Å². The van der Waals surface area contributed by atoms with Crippen LogP contribution in [0, 0.1) is 0 Å². The standard InChI is InChI=1S/C25H32N4O4S/c30-25(28-12-9-20-5-1-2-6-21(20)19-28)18-26-23-17-22(7-8-24(23)27-10-3-4-11-27)34(31,32)29-13-15-33-16-14-29/h1-2,5-8,17,26H,3-4,9-16,18-19H2. The van der Waals surface area contributed by atoms with Crippen molar-refractivity contribution >= 4 is 27.3 Å². The average molecular weight is 485 g/mol. The summed E-state index contributed by atoms with van der Waals surface area (Å²) in [5, 5.41) is 3.29. The van der Waals surface area contributed by atoms with E-state index in [4.69, 9.17) is 4.74 Å². The molecule has 2 saturated heterocycles. The summed E-state index contributed by atoms with van der Waals surface area (Å²) in [7, 11) is -3.62. The van der Waals surface area contributed by atoms with E-state index in [0.29, 0.717) is 45.1 Å². The van der Waals surface area contributed by atoms with Gasteiger partial charge in [0, 0.05) is 39.3 Å². The van der Waals surface area contributed by atoms with E-state index in [1.54, 1.807) is 12.1 Å². The number of hydrogen-bond donors (Lipinski definition) is 1. The molecular formula is C25H32N4O4S. The summed E-state index contributed by atoms with van der Waals surface area (Å²) < 4.78 is 33.2. The quantitative estimate of drug-likeness (QED) is 0.678. The van der Waals surface area contributed by atoms with E-state index in [0.717, 1.165) is 38.0 Å². The highest BCUT2D eigenvalue weighted by Crippen LogP contribution is 2.32. The SMILES string of the molecule is O=C(CNc1cc(S(=O)(=O)N2CCOCC2)ccc1N1CCCC1)N1CCc2ccccc2C1. The molecule has 9 heteroatoms. The number of nitrogens with one attached hydrogen (secondary N) is 1. The Morgan fingerprint density at radius 1 is 0.941 bits per heavy atom. The van der Waals surface area contributed by atoms with Gasteiger partial charge >= 0.3 is 0 Å². The van der Waals surface area contributed by atoms with Gasteiger partial charge in [-0.15, -0.1) is 0 Å². The van der Waals surface area contributed by atoms with Crippen LogP contribution in [0.5, 0.6) is 0 Å². The molecule has 0 atom stereocenters. The second-order valence-electron chi connectivity index (χ2n) is 9.08. The fourth-order valence-corrected chi connectivity index (χ4v) is 6.41. The smallest absolute Gasteiger partial charge is 0.243 e. The van der Waals surface area contributed by atoms with Crippen LogP contribution in [0.25, 0.3) is 0 Å². The van der Waals surface area contributed by atoms with Gasteiger partial charge in [-0.3, -0.25) is 4.79 Å². The zero-order valence-corrected chi connectivity index (χ0v) is 20.2. The molecule has 0 spiro atoms. The number of benzene rings is 2. The lowest BCUT2D eigenvalue weighted by Gasteiger charge is -2.30. The van der Waals surface area contributed by atoms with Crippen molar-refractivity contribution in [2.75, 3.05) is 62.7 Å². The largest absolute Gasteiger partial charge is 0.379 e. The summed E-state index contributed by atoms with van der Waals surface area (Å²) in [6.07, 6.45) is 3.08. The molecule has 8 nitrogen and oxygen atoms in total. The summed E-state index contributed by atoms with van der Waals surface area (Å²) in [6.45, 7) is 4.82. The lowest BCUT2D eigenvalue weighted by molar-refractivity contribution is -0.130. The zero-order valence-electron chi connectivity index (χ0n) is 19.4. The van der Waals surface area contributed by atoms with Gasteiger partial charge in [-0.25, -0.2) is 8.42 Å². The Morgan fingerprint density at radius 2 is 1.68 bits per heavy atom. The number of morpholine rings is 1. The first-order valence-corrected chi connectivity index (χ1v) is 13.5. The van der Waals surface area contributed by atoms with Crippen LogP contribution < -0.4 is 10.2 Å². The third kappa shape index (κ3) is 4.78. The van der Waals surface area contributed by atoms with Crippen LogP contribution in [0.15, 0.2) is 47.4 Å². The van der Waals surface area contributed by atoms with Crippen molar-refractivity contribution < 1.29 is 17.9 Å². The minimum Gasteiger partial charge on any atom is -0.379 e. The monoisotopic (exact) mass is 484 g/mol. The van der Waals surface area contributed by atoms with Gasteiger partial charge in [0.1, 0.15) is 0 Å². The third-order valence-electron chi connectivity index (χ3n) is 6.94. The number of fused-ring (bicyclic) bond motifs is 1. The number of amides is 1. The molecule has 3 aliphatic rings. The van der Waals surface area contributed by atoms with Gasteiger partial charge in [0.05, 0.1) is 36.0 Å². The lowest BCUT2D eigenvalue weighted by atomic mass is 10.00. The molecule has 3 aliphatic heterocycles. The molecule has 0 aromatic heterocycles. The summed E-state index contributed by atoms with van der Waals surface area (Å²) in [5.74, 6) is 0.0170. The van der Waals surface area contributed by atoms with E-state index >= 15 is 0 Å². The molecule has 3 heterocycles. The molecule has 0 unspecified atom stereocenters. The number of sulfonamides is 1. The van der Waals surface area contributed by atoms with Gasteiger partial charge in [0.25, 0.3) is 0 Å². The van der Waals surface area contributed by atoms with Crippen molar-refractivity contribution in [1.82, 2.24) is 9.21 Å². The molecule has 0 aliphatic carbocycles. The van der Waals surface area contributed by atoms with E-state index < -0.39 is 10.0 Å². The number of ether oxygens (including phenoxy) is 1. The lowest BCUT2D eigenvalue weighted by Crippen LogP contribution is -2.40. The number of anilines is 2. The van der Waals surface area contributed by atoms with Gasteiger partial charge < -0.3 is 19.9 Å².